The van der Waals surface area contributed by atoms with Crippen LogP contribution >= 0.6 is 0 Å². The van der Waals surface area contributed by atoms with Gasteiger partial charge in [0.1, 0.15) is 17.4 Å². The molecule has 0 amide bonds. The SMILES string of the molecule is COc1cccc(S(=O)(=O)N2CCN(c3nc(C)cc(Nc4ccc(F)cc4)n3)CC2)c1. The van der Waals surface area contributed by atoms with E-state index in [1.807, 2.05) is 11.8 Å². The number of nitrogens with zero attached hydrogens (tertiary/aromatic N) is 4. The fourth-order valence-corrected chi connectivity index (χ4v) is 4.94. The molecule has 0 atom stereocenters. The number of rotatable bonds is 6. The van der Waals surface area contributed by atoms with E-state index in [-0.39, 0.29) is 10.7 Å². The molecule has 2 heterocycles. The van der Waals surface area contributed by atoms with Gasteiger partial charge in [0.15, 0.2) is 0 Å². The summed E-state index contributed by atoms with van der Waals surface area (Å²) in [5.74, 6) is 1.30. The third kappa shape index (κ3) is 4.81. The van der Waals surface area contributed by atoms with E-state index in [4.69, 9.17) is 4.74 Å². The number of piperazine rings is 1. The van der Waals surface area contributed by atoms with Crippen LogP contribution in [-0.4, -0.2) is 56.0 Å². The summed E-state index contributed by atoms with van der Waals surface area (Å²) >= 11 is 0. The molecule has 0 radical (unpaired) electrons. The molecule has 1 N–H and O–H groups in total. The number of hydrogen-bond donors (Lipinski definition) is 1. The molecule has 1 aliphatic rings. The van der Waals surface area contributed by atoms with Crippen LogP contribution in [0, 0.1) is 12.7 Å². The number of ether oxygens (including phenoxy) is 1. The van der Waals surface area contributed by atoms with E-state index >= 15 is 0 Å². The highest BCUT2D eigenvalue weighted by atomic mass is 32.2. The fraction of sp³-hybridized carbons (Fsp3) is 0.273. The molecule has 3 aromatic rings. The monoisotopic (exact) mass is 457 g/mol. The first kappa shape index (κ1) is 22.0. The number of hydrogen-bond acceptors (Lipinski definition) is 7. The van der Waals surface area contributed by atoms with Crippen molar-refractivity contribution in [2.24, 2.45) is 0 Å². The van der Waals surface area contributed by atoms with Crippen LogP contribution in [0.25, 0.3) is 0 Å². The van der Waals surface area contributed by atoms with Crippen LogP contribution in [0.2, 0.25) is 0 Å². The zero-order valence-corrected chi connectivity index (χ0v) is 18.6. The second kappa shape index (κ2) is 9.09. The highest BCUT2D eigenvalue weighted by Crippen LogP contribution is 2.24. The number of benzene rings is 2. The maximum absolute atomic E-state index is 13.1. The standard InChI is InChI=1S/C22H24FN5O3S/c1-16-14-21(25-18-8-6-17(23)7-9-18)26-22(24-16)27-10-12-28(13-11-27)32(29,30)20-5-3-4-19(15-20)31-2/h3-9,14-15H,10-13H2,1-2H3,(H,24,25,26). The van der Waals surface area contributed by atoms with Crippen molar-refractivity contribution in [3.8, 4) is 5.75 Å². The minimum atomic E-state index is -3.62. The van der Waals surface area contributed by atoms with Gasteiger partial charge in [-0.25, -0.2) is 17.8 Å². The highest BCUT2D eigenvalue weighted by molar-refractivity contribution is 7.89. The minimum Gasteiger partial charge on any atom is -0.497 e. The summed E-state index contributed by atoms with van der Waals surface area (Å²) in [7, 11) is -2.11. The van der Waals surface area contributed by atoms with Crippen molar-refractivity contribution < 1.29 is 17.5 Å². The predicted molar refractivity (Wildman–Crippen MR) is 120 cm³/mol. The summed E-state index contributed by atoms with van der Waals surface area (Å²) in [6.07, 6.45) is 0. The average molecular weight is 458 g/mol. The molecule has 168 valence electrons. The second-order valence-corrected chi connectivity index (χ2v) is 9.33. The molecule has 0 unspecified atom stereocenters. The lowest BCUT2D eigenvalue weighted by atomic mass is 10.3. The summed E-state index contributed by atoms with van der Waals surface area (Å²) < 4.78 is 45.8. The lowest BCUT2D eigenvalue weighted by Gasteiger charge is -2.34. The van der Waals surface area contributed by atoms with Gasteiger partial charge in [-0.05, 0) is 43.3 Å². The Morgan fingerprint density at radius 1 is 1.00 bits per heavy atom. The Morgan fingerprint density at radius 2 is 1.72 bits per heavy atom. The Labute approximate surface area is 186 Å². The molecule has 1 saturated heterocycles. The summed E-state index contributed by atoms with van der Waals surface area (Å²) in [4.78, 5) is 11.2. The molecule has 0 spiro atoms. The number of anilines is 3. The zero-order valence-electron chi connectivity index (χ0n) is 17.8. The Balaban J connectivity index is 1.47. The molecule has 4 rings (SSSR count). The summed E-state index contributed by atoms with van der Waals surface area (Å²) in [6.45, 7) is 3.42. The molecule has 32 heavy (non-hydrogen) atoms. The molecule has 2 aromatic carbocycles. The minimum absolute atomic E-state index is 0.211. The third-order valence-corrected chi connectivity index (χ3v) is 7.05. The van der Waals surface area contributed by atoms with E-state index in [0.717, 1.165) is 5.69 Å². The average Bonchev–Trinajstić information content (AvgIpc) is 2.80. The number of halogens is 1. The van der Waals surface area contributed by atoms with E-state index in [1.54, 1.807) is 36.4 Å². The third-order valence-electron chi connectivity index (χ3n) is 5.16. The van der Waals surface area contributed by atoms with Gasteiger partial charge in [0.2, 0.25) is 16.0 Å². The molecule has 8 nitrogen and oxygen atoms in total. The van der Waals surface area contributed by atoms with Crippen LogP contribution in [0.1, 0.15) is 5.69 Å². The first-order valence-corrected chi connectivity index (χ1v) is 11.6. The Bertz CT molecular complexity index is 1200. The molecule has 1 aromatic heterocycles. The summed E-state index contributed by atoms with van der Waals surface area (Å²) in [5, 5.41) is 3.15. The molecule has 1 fully saturated rings. The van der Waals surface area contributed by atoms with Gasteiger partial charge < -0.3 is 15.0 Å². The molecule has 0 aliphatic carbocycles. The van der Waals surface area contributed by atoms with Gasteiger partial charge in [-0.2, -0.15) is 9.29 Å². The van der Waals surface area contributed by atoms with Gasteiger partial charge in [-0.15, -0.1) is 0 Å². The van der Waals surface area contributed by atoms with E-state index in [2.05, 4.69) is 15.3 Å². The van der Waals surface area contributed by atoms with E-state index in [0.29, 0.717) is 49.4 Å². The predicted octanol–water partition coefficient (Wildman–Crippen LogP) is 3.19. The van der Waals surface area contributed by atoms with E-state index < -0.39 is 10.0 Å². The summed E-state index contributed by atoms with van der Waals surface area (Å²) in [5.41, 5.74) is 1.48. The molecule has 0 saturated carbocycles. The van der Waals surface area contributed by atoms with Crippen molar-refractivity contribution in [1.29, 1.82) is 0 Å². The molecule has 0 bridgehead atoms. The highest BCUT2D eigenvalue weighted by Gasteiger charge is 2.29. The van der Waals surface area contributed by atoms with Gasteiger partial charge in [0.25, 0.3) is 0 Å². The summed E-state index contributed by atoms with van der Waals surface area (Å²) in [6, 6.07) is 14.3. The van der Waals surface area contributed by atoms with Crippen molar-refractivity contribution in [2.75, 3.05) is 43.5 Å². The van der Waals surface area contributed by atoms with Crippen LogP contribution in [0.15, 0.2) is 59.5 Å². The first-order chi connectivity index (χ1) is 15.3. The van der Waals surface area contributed by atoms with Crippen molar-refractivity contribution in [3.63, 3.8) is 0 Å². The zero-order chi connectivity index (χ0) is 22.7. The van der Waals surface area contributed by atoms with Crippen molar-refractivity contribution in [3.05, 3.63) is 66.1 Å². The molecule has 1 aliphatic heterocycles. The maximum Gasteiger partial charge on any atom is 0.243 e. The molecular formula is C22H24FN5O3S. The van der Waals surface area contributed by atoms with Crippen molar-refractivity contribution >= 4 is 27.5 Å². The Morgan fingerprint density at radius 3 is 2.41 bits per heavy atom. The normalized spacial score (nSPS) is 14.9. The quantitative estimate of drug-likeness (QED) is 0.608. The van der Waals surface area contributed by atoms with Gasteiger partial charge in [0, 0.05) is 49.7 Å². The number of methoxy groups -OCH3 is 1. The Hall–Kier alpha value is -3.24. The number of nitrogens with one attached hydrogen (secondary N) is 1. The van der Waals surface area contributed by atoms with Gasteiger partial charge in [-0.3, -0.25) is 0 Å². The van der Waals surface area contributed by atoms with Crippen LogP contribution in [0.4, 0.5) is 21.8 Å². The first-order valence-electron chi connectivity index (χ1n) is 10.1. The molecular weight excluding hydrogens is 433 g/mol. The number of sulfonamides is 1. The van der Waals surface area contributed by atoms with Gasteiger partial charge >= 0.3 is 0 Å². The molecule has 10 heteroatoms. The second-order valence-electron chi connectivity index (χ2n) is 7.40. The van der Waals surface area contributed by atoms with Crippen LogP contribution in [0.5, 0.6) is 5.75 Å². The van der Waals surface area contributed by atoms with E-state index in [9.17, 15) is 12.8 Å². The largest absolute Gasteiger partial charge is 0.497 e. The lowest BCUT2D eigenvalue weighted by molar-refractivity contribution is 0.381. The topological polar surface area (TPSA) is 87.7 Å². The fourth-order valence-electron chi connectivity index (χ4n) is 3.48. The number of aromatic nitrogens is 2. The Kier molecular flexibility index (Phi) is 6.24. The van der Waals surface area contributed by atoms with Gasteiger partial charge in [-0.1, -0.05) is 6.07 Å². The smallest absolute Gasteiger partial charge is 0.243 e. The van der Waals surface area contributed by atoms with Gasteiger partial charge in [0.05, 0.1) is 12.0 Å². The van der Waals surface area contributed by atoms with Crippen molar-refractivity contribution in [1.82, 2.24) is 14.3 Å². The van der Waals surface area contributed by atoms with Crippen LogP contribution in [-0.2, 0) is 10.0 Å². The van der Waals surface area contributed by atoms with Crippen molar-refractivity contribution in [2.45, 2.75) is 11.8 Å². The lowest BCUT2D eigenvalue weighted by Crippen LogP contribution is -2.49. The number of aryl methyl sites for hydroxylation is 1. The van der Waals surface area contributed by atoms with Crippen LogP contribution < -0.4 is 15.0 Å². The maximum atomic E-state index is 13.1. The van der Waals surface area contributed by atoms with Crippen LogP contribution in [0.3, 0.4) is 0 Å². The van der Waals surface area contributed by atoms with E-state index in [1.165, 1.54) is 29.6 Å².